The van der Waals surface area contributed by atoms with Gasteiger partial charge in [0.25, 0.3) is 5.91 Å². The van der Waals surface area contributed by atoms with Gasteiger partial charge in [-0.3, -0.25) is 9.78 Å². The van der Waals surface area contributed by atoms with Crippen molar-refractivity contribution in [2.24, 2.45) is 5.73 Å². The summed E-state index contributed by atoms with van der Waals surface area (Å²) in [4.78, 5) is 16.6. The molecule has 0 spiro atoms. The number of carbonyl (C=O) groups excluding carboxylic acids is 1. The van der Waals surface area contributed by atoms with Crippen LogP contribution < -0.4 is 11.1 Å². The highest BCUT2D eigenvalue weighted by Gasteiger charge is 2.36. The minimum absolute atomic E-state index is 0.0441. The van der Waals surface area contributed by atoms with Gasteiger partial charge in [-0.2, -0.15) is 0 Å². The van der Waals surface area contributed by atoms with Crippen molar-refractivity contribution < 1.29 is 4.79 Å². The zero-order valence-corrected chi connectivity index (χ0v) is 15.2. The molecule has 3 rings (SSSR count). The molecule has 0 radical (unpaired) electrons. The van der Waals surface area contributed by atoms with Crippen molar-refractivity contribution in [2.45, 2.75) is 44.1 Å². The first-order valence-electron chi connectivity index (χ1n) is 8.72. The summed E-state index contributed by atoms with van der Waals surface area (Å²) >= 11 is 6.16. The van der Waals surface area contributed by atoms with Crippen LogP contribution in [0.5, 0.6) is 0 Å². The zero-order chi connectivity index (χ0) is 17.9. The smallest absolute Gasteiger partial charge is 0.253 e. The Morgan fingerprint density at radius 1 is 1.32 bits per heavy atom. The average Bonchev–Trinajstić information content (AvgIpc) is 2.63. The minimum Gasteiger partial charge on any atom is -0.349 e. The third kappa shape index (κ3) is 4.02. The number of nitrogens with zero attached hydrogens (tertiary/aromatic N) is 1. The second-order valence-electron chi connectivity index (χ2n) is 6.93. The molecule has 1 aliphatic carbocycles. The summed E-state index contributed by atoms with van der Waals surface area (Å²) in [5.74, 6) is -0.0551. The number of aryl methyl sites for hydroxylation is 1. The van der Waals surface area contributed by atoms with Gasteiger partial charge in [0.2, 0.25) is 0 Å². The zero-order valence-electron chi connectivity index (χ0n) is 14.5. The minimum atomic E-state index is -0.0551. The number of halogens is 1. The highest BCUT2D eigenvalue weighted by atomic mass is 35.5. The second-order valence-corrected chi connectivity index (χ2v) is 7.37. The van der Waals surface area contributed by atoms with Crippen LogP contribution >= 0.6 is 11.6 Å². The van der Waals surface area contributed by atoms with Crippen molar-refractivity contribution >= 4 is 17.5 Å². The lowest BCUT2D eigenvalue weighted by atomic mass is 9.68. The van der Waals surface area contributed by atoms with E-state index in [2.05, 4.69) is 16.4 Å². The number of nitrogens with two attached hydrogens (primary N) is 1. The molecule has 1 aromatic heterocycles. The van der Waals surface area contributed by atoms with Gasteiger partial charge in [-0.1, -0.05) is 23.7 Å². The molecule has 1 saturated carbocycles. The number of aromatic nitrogens is 1. The standard InChI is InChI=1S/C20H24ClN3O/c1-14-5-6-15(12-23-14)19(25)24-18-7-9-20(13-22,10-8-18)16-3-2-4-17(21)11-16/h2-6,11-12,18H,7-10,13,22H2,1H3,(H,24,25)/t18-,20-. The van der Waals surface area contributed by atoms with Crippen molar-refractivity contribution in [3.05, 3.63) is 64.4 Å². The molecule has 0 aliphatic heterocycles. The summed E-state index contributed by atoms with van der Waals surface area (Å²) in [5, 5.41) is 3.88. The SMILES string of the molecule is Cc1ccc(C(=O)N[C@H]2CC[C@](CN)(c3cccc(Cl)c3)CC2)cn1. The maximum atomic E-state index is 12.4. The first-order chi connectivity index (χ1) is 12.0. The van der Waals surface area contributed by atoms with Gasteiger partial charge in [-0.15, -0.1) is 0 Å². The number of benzene rings is 1. The summed E-state index contributed by atoms with van der Waals surface area (Å²) in [6, 6.07) is 11.8. The van der Waals surface area contributed by atoms with Crippen molar-refractivity contribution in [1.82, 2.24) is 10.3 Å². The molecule has 1 aliphatic rings. The lowest BCUT2D eigenvalue weighted by Crippen LogP contribution is -2.45. The largest absolute Gasteiger partial charge is 0.349 e. The van der Waals surface area contributed by atoms with E-state index in [1.165, 1.54) is 5.56 Å². The molecule has 1 aromatic carbocycles. The van der Waals surface area contributed by atoms with E-state index < -0.39 is 0 Å². The molecule has 0 atom stereocenters. The van der Waals surface area contributed by atoms with E-state index in [9.17, 15) is 4.79 Å². The number of hydrogen-bond acceptors (Lipinski definition) is 3. The van der Waals surface area contributed by atoms with Crippen LogP contribution in [-0.2, 0) is 5.41 Å². The lowest BCUT2D eigenvalue weighted by Gasteiger charge is -2.40. The van der Waals surface area contributed by atoms with Crippen LogP contribution in [0.1, 0.15) is 47.3 Å². The number of rotatable bonds is 4. The third-order valence-electron chi connectivity index (χ3n) is 5.28. The third-order valence-corrected chi connectivity index (χ3v) is 5.51. The Balaban J connectivity index is 1.64. The summed E-state index contributed by atoms with van der Waals surface area (Å²) < 4.78 is 0. The van der Waals surface area contributed by atoms with Gasteiger partial charge in [0, 0.05) is 34.9 Å². The number of nitrogens with one attached hydrogen (secondary N) is 1. The molecule has 1 amide bonds. The highest BCUT2D eigenvalue weighted by molar-refractivity contribution is 6.30. The van der Waals surface area contributed by atoms with E-state index >= 15 is 0 Å². The van der Waals surface area contributed by atoms with E-state index in [0.717, 1.165) is 36.4 Å². The number of carbonyl (C=O) groups is 1. The van der Waals surface area contributed by atoms with Crippen LogP contribution in [0.15, 0.2) is 42.6 Å². The van der Waals surface area contributed by atoms with E-state index in [-0.39, 0.29) is 17.4 Å². The Morgan fingerprint density at radius 2 is 2.08 bits per heavy atom. The summed E-state index contributed by atoms with van der Waals surface area (Å²) in [7, 11) is 0. The van der Waals surface area contributed by atoms with Gasteiger partial charge in [-0.25, -0.2) is 0 Å². The van der Waals surface area contributed by atoms with Crippen LogP contribution in [0, 0.1) is 6.92 Å². The van der Waals surface area contributed by atoms with Crippen LogP contribution in [0.3, 0.4) is 0 Å². The van der Waals surface area contributed by atoms with Crippen LogP contribution in [0.4, 0.5) is 0 Å². The average molecular weight is 358 g/mol. The highest BCUT2D eigenvalue weighted by Crippen LogP contribution is 2.39. The molecule has 0 bridgehead atoms. The second kappa shape index (κ2) is 7.54. The van der Waals surface area contributed by atoms with Crippen LogP contribution in [0.25, 0.3) is 0 Å². The quantitative estimate of drug-likeness (QED) is 0.878. The summed E-state index contributed by atoms with van der Waals surface area (Å²) in [6.07, 6.45) is 5.34. The Kier molecular flexibility index (Phi) is 5.40. The Bertz CT molecular complexity index is 737. The van der Waals surface area contributed by atoms with E-state index in [4.69, 9.17) is 17.3 Å². The predicted molar refractivity (Wildman–Crippen MR) is 101 cm³/mol. The molecule has 132 valence electrons. The molecule has 0 saturated heterocycles. The van der Waals surface area contributed by atoms with E-state index in [1.54, 1.807) is 6.20 Å². The fraction of sp³-hybridized carbons (Fsp3) is 0.400. The predicted octanol–water partition coefficient (Wildman–Crippen LogP) is 3.61. The molecule has 25 heavy (non-hydrogen) atoms. The topological polar surface area (TPSA) is 68.0 Å². The maximum Gasteiger partial charge on any atom is 0.253 e. The first kappa shape index (κ1) is 17.9. The molecule has 1 fully saturated rings. The Labute approximate surface area is 153 Å². The van der Waals surface area contributed by atoms with Crippen LogP contribution in [-0.4, -0.2) is 23.5 Å². The molecule has 1 heterocycles. The van der Waals surface area contributed by atoms with Gasteiger partial charge >= 0.3 is 0 Å². The maximum absolute atomic E-state index is 12.4. The van der Waals surface area contributed by atoms with Gasteiger partial charge in [-0.05, 0) is 62.4 Å². The van der Waals surface area contributed by atoms with Crippen molar-refractivity contribution in [1.29, 1.82) is 0 Å². The summed E-state index contributed by atoms with van der Waals surface area (Å²) in [6.45, 7) is 2.50. The van der Waals surface area contributed by atoms with Gasteiger partial charge < -0.3 is 11.1 Å². The van der Waals surface area contributed by atoms with Crippen molar-refractivity contribution in [3.8, 4) is 0 Å². The molecule has 2 aromatic rings. The van der Waals surface area contributed by atoms with Gasteiger partial charge in [0.05, 0.1) is 5.56 Å². The van der Waals surface area contributed by atoms with E-state index in [1.807, 2.05) is 37.3 Å². The van der Waals surface area contributed by atoms with Crippen molar-refractivity contribution in [3.63, 3.8) is 0 Å². The monoisotopic (exact) mass is 357 g/mol. The van der Waals surface area contributed by atoms with Gasteiger partial charge in [0.15, 0.2) is 0 Å². The lowest BCUT2D eigenvalue weighted by molar-refractivity contribution is 0.0917. The molecule has 0 unspecified atom stereocenters. The molecule has 5 heteroatoms. The van der Waals surface area contributed by atoms with Crippen molar-refractivity contribution in [2.75, 3.05) is 6.54 Å². The van der Waals surface area contributed by atoms with Crippen LogP contribution in [0.2, 0.25) is 5.02 Å². The number of hydrogen-bond donors (Lipinski definition) is 2. The molecule has 4 nitrogen and oxygen atoms in total. The molecular formula is C20H24ClN3O. The number of amides is 1. The first-order valence-corrected chi connectivity index (χ1v) is 9.10. The fourth-order valence-corrected chi connectivity index (χ4v) is 3.80. The Morgan fingerprint density at radius 3 is 2.68 bits per heavy atom. The fourth-order valence-electron chi connectivity index (χ4n) is 3.61. The Hall–Kier alpha value is -1.91. The van der Waals surface area contributed by atoms with E-state index in [0.29, 0.717) is 12.1 Å². The number of pyridine rings is 1. The normalized spacial score (nSPS) is 23.2. The molecule has 3 N–H and O–H groups in total. The summed E-state index contributed by atoms with van der Waals surface area (Å²) in [5.41, 5.74) is 8.81. The van der Waals surface area contributed by atoms with Gasteiger partial charge in [0.1, 0.15) is 0 Å². The molecular weight excluding hydrogens is 334 g/mol.